The Kier molecular flexibility index (Phi) is 2.87. The van der Waals surface area contributed by atoms with Crippen molar-refractivity contribution in [1.82, 2.24) is 14.6 Å². The number of hydrogen-bond acceptors (Lipinski definition) is 3. The Balaban J connectivity index is 2.03. The number of benzene rings is 1. The molecule has 0 unspecified atom stereocenters. The van der Waals surface area contributed by atoms with Crippen LogP contribution in [-0.2, 0) is 0 Å². The molecule has 0 saturated heterocycles. The summed E-state index contributed by atoms with van der Waals surface area (Å²) < 4.78 is 1.69. The molecule has 96 valence electrons. The number of nitrogens with zero attached hydrogens (tertiary/aromatic N) is 4. The van der Waals surface area contributed by atoms with E-state index in [0.29, 0.717) is 5.15 Å². The minimum absolute atomic E-state index is 0.458. The molecule has 5 heteroatoms. The van der Waals surface area contributed by atoms with Gasteiger partial charge in [-0.05, 0) is 24.3 Å². The fraction of sp³-hybridized carbons (Fsp3) is 0.143. The highest BCUT2D eigenvalue weighted by Crippen LogP contribution is 2.22. The van der Waals surface area contributed by atoms with Gasteiger partial charge in [0.2, 0.25) is 0 Å². The normalized spacial score (nSPS) is 10.9. The van der Waals surface area contributed by atoms with Gasteiger partial charge in [-0.3, -0.25) is 0 Å². The number of rotatable bonds is 2. The van der Waals surface area contributed by atoms with Crippen LogP contribution in [0.1, 0.15) is 0 Å². The van der Waals surface area contributed by atoms with Crippen molar-refractivity contribution in [1.29, 1.82) is 0 Å². The molecule has 19 heavy (non-hydrogen) atoms. The molecule has 0 atom stereocenters. The summed E-state index contributed by atoms with van der Waals surface area (Å²) in [6, 6.07) is 11.8. The van der Waals surface area contributed by atoms with Crippen LogP contribution in [0, 0.1) is 0 Å². The quantitative estimate of drug-likeness (QED) is 0.719. The summed E-state index contributed by atoms with van der Waals surface area (Å²) in [5.74, 6) is 0. The Bertz CT molecular complexity index is 716. The van der Waals surface area contributed by atoms with E-state index in [2.05, 4.69) is 39.2 Å². The molecule has 0 N–H and O–H groups in total. The molecule has 0 bridgehead atoms. The first-order valence-electron chi connectivity index (χ1n) is 5.93. The predicted octanol–water partition coefficient (Wildman–Crippen LogP) is 3.12. The van der Waals surface area contributed by atoms with Gasteiger partial charge in [0.25, 0.3) is 0 Å². The molecule has 0 amide bonds. The number of anilines is 1. The third-order valence-electron chi connectivity index (χ3n) is 2.97. The van der Waals surface area contributed by atoms with E-state index in [9.17, 15) is 0 Å². The van der Waals surface area contributed by atoms with E-state index in [1.807, 2.05) is 26.4 Å². The summed E-state index contributed by atoms with van der Waals surface area (Å²) in [5.41, 5.74) is 3.90. The maximum Gasteiger partial charge on any atom is 0.154 e. The van der Waals surface area contributed by atoms with E-state index in [1.165, 1.54) is 0 Å². The van der Waals surface area contributed by atoms with Gasteiger partial charge in [-0.25, -0.2) is 9.50 Å². The van der Waals surface area contributed by atoms with Gasteiger partial charge in [0.1, 0.15) is 5.15 Å². The Labute approximate surface area is 116 Å². The number of halogens is 1. The van der Waals surface area contributed by atoms with Crippen LogP contribution in [0.25, 0.3) is 16.9 Å². The topological polar surface area (TPSA) is 33.4 Å². The van der Waals surface area contributed by atoms with Crippen LogP contribution in [0.4, 0.5) is 5.69 Å². The van der Waals surface area contributed by atoms with E-state index >= 15 is 0 Å². The first-order valence-corrected chi connectivity index (χ1v) is 6.31. The number of hydrogen-bond donors (Lipinski definition) is 0. The Hall–Kier alpha value is -2.07. The summed E-state index contributed by atoms with van der Waals surface area (Å²) in [4.78, 5) is 6.59. The summed E-state index contributed by atoms with van der Waals surface area (Å²) in [5, 5.41) is 4.64. The monoisotopic (exact) mass is 272 g/mol. The first kappa shape index (κ1) is 12.0. The molecule has 4 nitrogen and oxygen atoms in total. The van der Waals surface area contributed by atoms with Gasteiger partial charge in [-0.2, -0.15) is 5.10 Å². The standard InChI is InChI=1S/C14H13ClN4/c1-18(2)11-5-3-10(4-6-11)12-9-19-14(16-12)8-7-13(15)17-19/h3-9H,1-2H3. The molecule has 0 aliphatic carbocycles. The van der Waals surface area contributed by atoms with Crippen molar-refractivity contribution in [3.05, 3.63) is 47.7 Å². The lowest BCUT2D eigenvalue weighted by molar-refractivity contribution is 0.937. The molecule has 0 saturated carbocycles. The van der Waals surface area contributed by atoms with Gasteiger partial charge < -0.3 is 4.90 Å². The zero-order valence-corrected chi connectivity index (χ0v) is 11.5. The van der Waals surface area contributed by atoms with Crippen LogP contribution in [0.15, 0.2) is 42.6 Å². The molecule has 0 aliphatic heterocycles. The first-order chi connectivity index (χ1) is 9.13. The molecule has 2 heterocycles. The van der Waals surface area contributed by atoms with Crippen molar-refractivity contribution < 1.29 is 0 Å². The zero-order chi connectivity index (χ0) is 13.4. The lowest BCUT2D eigenvalue weighted by Crippen LogP contribution is -2.07. The van der Waals surface area contributed by atoms with Crippen LogP contribution in [-0.4, -0.2) is 28.7 Å². The Morgan fingerprint density at radius 3 is 2.47 bits per heavy atom. The van der Waals surface area contributed by atoms with Crippen molar-refractivity contribution in [2.75, 3.05) is 19.0 Å². The fourth-order valence-electron chi connectivity index (χ4n) is 1.93. The minimum Gasteiger partial charge on any atom is -0.378 e. The Morgan fingerprint density at radius 1 is 1.05 bits per heavy atom. The molecular weight excluding hydrogens is 260 g/mol. The van der Waals surface area contributed by atoms with Gasteiger partial charge in [-0.15, -0.1) is 0 Å². The molecule has 3 aromatic rings. The van der Waals surface area contributed by atoms with E-state index < -0.39 is 0 Å². The van der Waals surface area contributed by atoms with E-state index in [1.54, 1.807) is 10.6 Å². The lowest BCUT2D eigenvalue weighted by atomic mass is 10.1. The molecule has 2 aromatic heterocycles. The summed E-state index contributed by atoms with van der Waals surface area (Å²) in [6.45, 7) is 0. The van der Waals surface area contributed by atoms with Crippen molar-refractivity contribution in [2.24, 2.45) is 0 Å². The van der Waals surface area contributed by atoms with E-state index in [-0.39, 0.29) is 0 Å². The molecule has 0 radical (unpaired) electrons. The molecule has 3 rings (SSSR count). The van der Waals surface area contributed by atoms with Crippen LogP contribution >= 0.6 is 11.6 Å². The average Bonchev–Trinajstić information content (AvgIpc) is 2.81. The second-order valence-electron chi connectivity index (χ2n) is 4.53. The van der Waals surface area contributed by atoms with Gasteiger partial charge >= 0.3 is 0 Å². The van der Waals surface area contributed by atoms with Crippen molar-refractivity contribution >= 4 is 22.9 Å². The van der Waals surface area contributed by atoms with Gasteiger partial charge in [0.05, 0.1) is 11.9 Å². The third kappa shape index (κ3) is 2.27. The molecule has 0 spiro atoms. The summed E-state index contributed by atoms with van der Waals surface area (Å²) in [7, 11) is 4.04. The van der Waals surface area contributed by atoms with Crippen molar-refractivity contribution in [3.8, 4) is 11.3 Å². The van der Waals surface area contributed by atoms with E-state index in [4.69, 9.17) is 11.6 Å². The molecule has 1 aromatic carbocycles. The second kappa shape index (κ2) is 4.55. The molecule has 0 aliphatic rings. The third-order valence-corrected chi connectivity index (χ3v) is 3.17. The van der Waals surface area contributed by atoms with Crippen molar-refractivity contribution in [3.63, 3.8) is 0 Å². The van der Waals surface area contributed by atoms with Gasteiger partial charge in [-0.1, -0.05) is 23.7 Å². The lowest BCUT2D eigenvalue weighted by Gasteiger charge is -2.11. The van der Waals surface area contributed by atoms with E-state index in [0.717, 1.165) is 22.6 Å². The van der Waals surface area contributed by atoms with Crippen LogP contribution < -0.4 is 4.90 Å². The summed E-state index contributed by atoms with van der Waals surface area (Å²) >= 11 is 5.86. The number of imidazole rings is 1. The number of fused-ring (bicyclic) bond motifs is 1. The highest BCUT2D eigenvalue weighted by molar-refractivity contribution is 6.29. The highest BCUT2D eigenvalue weighted by atomic mass is 35.5. The van der Waals surface area contributed by atoms with Gasteiger partial charge in [0.15, 0.2) is 5.65 Å². The predicted molar refractivity (Wildman–Crippen MR) is 77.8 cm³/mol. The SMILES string of the molecule is CN(C)c1ccc(-c2cn3nc(Cl)ccc3n2)cc1. The summed E-state index contributed by atoms with van der Waals surface area (Å²) in [6.07, 6.45) is 1.88. The molecule has 0 fully saturated rings. The zero-order valence-electron chi connectivity index (χ0n) is 10.7. The minimum atomic E-state index is 0.458. The van der Waals surface area contributed by atoms with Crippen LogP contribution in [0.5, 0.6) is 0 Å². The van der Waals surface area contributed by atoms with Crippen LogP contribution in [0.2, 0.25) is 5.15 Å². The smallest absolute Gasteiger partial charge is 0.154 e. The van der Waals surface area contributed by atoms with Crippen LogP contribution in [0.3, 0.4) is 0 Å². The second-order valence-corrected chi connectivity index (χ2v) is 4.91. The fourth-order valence-corrected chi connectivity index (χ4v) is 2.07. The van der Waals surface area contributed by atoms with Crippen molar-refractivity contribution in [2.45, 2.75) is 0 Å². The maximum absolute atomic E-state index is 5.86. The largest absolute Gasteiger partial charge is 0.378 e. The Morgan fingerprint density at radius 2 is 1.79 bits per heavy atom. The number of aromatic nitrogens is 3. The molecular formula is C14H13ClN4. The van der Waals surface area contributed by atoms with Gasteiger partial charge in [0, 0.05) is 25.3 Å². The average molecular weight is 273 g/mol. The maximum atomic E-state index is 5.86. The highest BCUT2D eigenvalue weighted by Gasteiger charge is 2.06.